The monoisotopic (exact) mass is 573 g/mol. The summed E-state index contributed by atoms with van der Waals surface area (Å²) in [6, 6.07) is 17.7. The van der Waals surface area contributed by atoms with Crippen molar-refractivity contribution in [3.05, 3.63) is 89.5 Å². The number of nitrogens with one attached hydrogen (secondary N) is 2. The second-order valence-corrected chi connectivity index (χ2v) is 11.7. The number of phenolic OH excluding ortho intramolecular Hbond substituents is 2. The van der Waals surface area contributed by atoms with Crippen LogP contribution < -0.4 is 10.6 Å². The largest absolute Gasteiger partial charge is 0.508 e. The number of hydrogen-bond donors (Lipinski definition) is 4. The van der Waals surface area contributed by atoms with Gasteiger partial charge in [0.15, 0.2) is 0 Å². The van der Waals surface area contributed by atoms with Crippen molar-refractivity contribution < 1.29 is 29.3 Å². The number of carbonyl (C=O) groups is 3. The molecule has 0 aliphatic heterocycles. The molecule has 1 fully saturated rings. The topological polar surface area (TPSA) is 128 Å². The van der Waals surface area contributed by atoms with E-state index < -0.39 is 35.6 Å². The Morgan fingerprint density at radius 3 is 2.07 bits per heavy atom. The Morgan fingerprint density at radius 2 is 1.52 bits per heavy atom. The summed E-state index contributed by atoms with van der Waals surface area (Å²) >= 11 is 0. The molecule has 0 aromatic heterocycles. The van der Waals surface area contributed by atoms with Gasteiger partial charge < -0.3 is 30.5 Å². The summed E-state index contributed by atoms with van der Waals surface area (Å²) in [7, 11) is 0. The Balaban J connectivity index is 1.74. The van der Waals surface area contributed by atoms with Crippen LogP contribution in [0.1, 0.15) is 62.8 Å². The third-order valence-corrected chi connectivity index (χ3v) is 7.23. The standard InChI is InChI=1S/C33H39N3O6/c1-21-8-5-6-11-27(21)34-30(39)29(23-14-18-26(38)19-15-23)36(24-9-7-10-24)31(40)28(35-32(41)42-33(2,3)4)20-22-12-16-25(37)17-13-22/h5-6,8,11-19,24,28-29,37-38H,7,9-10,20H2,1-4H3,(H,34,39)(H,35,41). The number of aromatic hydroxyl groups is 2. The van der Waals surface area contributed by atoms with Crippen LogP contribution in [0.4, 0.5) is 10.5 Å². The number of para-hydroxylation sites is 1. The molecular formula is C33H39N3O6. The number of hydrogen-bond acceptors (Lipinski definition) is 6. The van der Waals surface area contributed by atoms with E-state index in [1.54, 1.807) is 56.0 Å². The lowest BCUT2D eigenvalue weighted by atomic mass is 9.87. The van der Waals surface area contributed by atoms with Gasteiger partial charge in [0.1, 0.15) is 29.2 Å². The molecule has 0 heterocycles. The van der Waals surface area contributed by atoms with E-state index in [9.17, 15) is 24.6 Å². The highest BCUT2D eigenvalue weighted by Crippen LogP contribution is 2.35. The van der Waals surface area contributed by atoms with E-state index in [0.717, 1.165) is 12.0 Å². The number of anilines is 1. The van der Waals surface area contributed by atoms with Crippen LogP contribution in [-0.2, 0) is 20.7 Å². The Hall–Kier alpha value is -4.53. The first-order valence-corrected chi connectivity index (χ1v) is 14.2. The second kappa shape index (κ2) is 13.0. The predicted molar refractivity (Wildman–Crippen MR) is 160 cm³/mol. The van der Waals surface area contributed by atoms with Crippen LogP contribution in [0.25, 0.3) is 0 Å². The number of ether oxygens (including phenoxy) is 1. The Kier molecular flexibility index (Phi) is 9.40. The van der Waals surface area contributed by atoms with Gasteiger partial charge in [-0.15, -0.1) is 0 Å². The van der Waals surface area contributed by atoms with Crippen LogP contribution in [0.15, 0.2) is 72.8 Å². The number of nitrogens with zero attached hydrogens (tertiary/aromatic N) is 1. The summed E-state index contributed by atoms with van der Waals surface area (Å²) in [5, 5.41) is 25.5. The zero-order valence-electron chi connectivity index (χ0n) is 24.5. The summed E-state index contributed by atoms with van der Waals surface area (Å²) in [4.78, 5) is 43.1. The number of rotatable bonds is 9. The molecule has 0 saturated heterocycles. The average Bonchev–Trinajstić information content (AvgIpc) is 2.89. The van der Waals surface area contributed by atoms with Crippen molar-refractivity contribution in [1.29, 1.82) is 0 Å². The number of alkyl carbamates (subject to hydrolysis) is 1. The minimum atomic E-state index is -1.06. The molecule has 3 aromatic carbocycles. The average molecular weight is 574 g/mol. The van der Waals surface area contributed by atoms with Gasteiger partial charge in [0.2, 0.25) is 5.91 Å². The lowest BCUT2D eigenvalue weighted by molar-refractivity contribution is -0.145. The van der Waals surface area contributed by atoms with Gasteiger partial charge in [0.25, 0.3) is 5.91 Å². The smallest absolute Gasteiger partial charge is 0.408 e. The fourth-order valence-electron chi connectivity index (χ4n) is 4.89. The molecule has 1 aliphatic carbocycles. The normalized spacial score (nSPS) is 14.7. The molecule has 2 atom stereocenters. The van der Waals surface area contributed by atoms with E-state index in [1.807, 2.05) is 25.1 Å². The van der Waals surface area contributed by atoms with Crippen LogP contribution in [0.2, 0.25) is 0 Å². The maximum Gasteiger partial charge on any atom is 0.408 e. The number of carbonyl (C=O) groups excluding carboxylic acids is 3. The molecule has 3 amide bonds. The third kappa shape index (κ3) is 7.81. The molecule has 1 saturated carbocycles. The predicted octanol–water partition coefficient (Wildman–Crippen LogP) is 5.60. The summed E-state index contributed by atoms with van der Waals surface area (Å²) < 4.78 is 5.49. The summed E-state index contributed by atoms with van der Waals surface area (Å²) in [6.45, 7) is 7.10. The van der Waals surface area contributed by atoms with E-state index in [1.165, 1.54) is 24.3 Å². The van der Waals surface area contributed by atoms with Gasteiger partial charge in [-0.2, -0.15) is 0 Å². The zero-order valence-corrected chi connectivity index (χ0v) is 24.5. The zero-order chi connectivity index (χ0) is 30.4. The number of aryl methyl sites for hydroxylation is 1. The minimum Gasteiger partial charge on any atom is -0.508 e. The Bertz CT molecular complexity index is 1390. The molecule has 222 valence electrons. The van der Waals surface area contributed by atoms with Crippen molar-refractivity contribution in [2.45, 2.75) is 77.1 Å². The third-order valence-electron chi connectivity index (χ3n) is 7.23. The van der Waals surface area contributed by atoms with Crippen LogP contribution in [0.3, 0.4) is 0 Å². The molecule has 4 rings (SSSR count). The number of amides is 3. The maximum atomic E-state index is 14.5. The lowest BCUT2D eigenvalue weighted by Gasteiger charge is -2.43. The van der Waals surface area contributed by atoms with Crippen molar-refractivity contribution in [2.24, 2.45) is 0 Å². The molecule has 0 spiro atoms. The van der Waals surface area contributed by atoms with Crippen molar-refractivity contribution >= 4 is 23.6 Å². The molecule has 9 nitrogen and oxygen atoms in total. The van der Waals surface area contributed by atoms with Crippen molar-refractivity contribution in [1.82, 2.24) is 10.2 Å². The van der Waals surface area contributed by atoms with E-state index in [-0.39, 0.29) is 24.0 Å². The van der Waals surface area contributed by atoms with Crippen LogP contribution in [0.5, 0.6) is 11.5 Å². The number of phenols is 2. The molecule has 2 unspecified atom stereocenters. The maximum absolute atomic E-state index is 14.5. The lowest BCUT2D eigenvalue weighted by Crippen LogP contribution is -2.57. The van der Waals surface area contributed by atoms with Gasteiger partial charge in [-0.25, -0.2) is 4.79 Å². The summed E-state index contributed by atoms with van der Waals surface area (Å²) in [5.74, 6) is -0.722. The molecule has 1 aliphatic rings. The minimum absolute atomic E-state index is 0.0372. The van der Waals surface area contributed by atoms with Crippen LogP contribution in [-0.4, -0.2) is 50.7 Å². The molecule has 0 bridgehead atoms. The van der Waals surface area contributed by atoms with E-state index in [0.29, 0.717) is 29.7 Å². The quantitative estimate of drug-likeness (QED) is 0.264. The van der Waals surface area contributed by atoms with E-state index in [4.69, 9.17) is 4.74 Å². The highest BCUT2D eigenvalue weighted by Gasteiger charge is 2.42. The Labute approximate surface area is 246 Å². The molecule has 4 N–H and O–H groups in total. The molecule has 9 heteroatoms. The van der Waals surface area contributed by atoms with Gasteiger partial charge >= 0.3 is 6.09 Å². The van der Waals surface area contributed by atoms with Gasteiger partial charge in [-0.3, -0.25) is 9.59 Å². The SMILES string of the molecule is Cc1ccccc1NC(=O)C(c1ccc(O)cc1)N(C(=O)C(Cc1ccc(O)cc1)NC(=O)OC(C)(C)C)C1CCC1. The molecule has 42 heavy (non-hydrogen) atoms. The first-order chi connectivity index (χ1) is 19.9. The van der Waals surface area contributed by atoms with Gasteiger partial charge in [-0.1, -0.05) is 42.5 Å². The van der Waals surface area contributed by atoms with Crippen molar-refractivity contribution in [3.63, 3.8) is 0 Å². The molecule has 0 radical (unpaired) electrons. The fourth-order valence-corrected chi connectivity index (χ4v) is 4.89. The van der Waals surface area contributed by atoms with Gasteiger partial charge in [0.05, 0.1) is 0 Å². The first kappa shape index (κ1) is 30.4. The van der Waals surface area contributed by atoms with Crippen molar-refractivity contribution in [2.75, 3.05) is 5.32 Å². The van der Waals surface area contributed by atoms with Crippen LogP contribution >= 0.6 is 0 Å². The van der Waals surface area contributed by atoms with E-state index in [2.05, 4.69) is 10.6 Å². The summed E-state index contributed by atoms with van der Waals surface area (Å²) in [6.07, 6.45) is 1.67. The van der Waals surface area contributed by atoms with Gasteiger partial charge in [0, 0.05) is 18.2 Å². The van der Waals surface area contributed by atoms with E-state index >= 15 is 0 Å². The highest BCUT2D eigenvalue weighted by molar-refractivity contribution is 5.99. The second-order valence-electron chi connectivity index (χ2n) is 11.7. The fraction of sp³-hybridized carbons (Fsp3) is 0.364. The molecular weight excluding hydrogens is 534 g/mol. The molecule has 3 aromatic rings. The van der Waals surface area contributed by atoms with Gasteiger partial charge in [-0.05, 0) is 94.0 Å². The Morgan fingerprint density at radius 1 is 0.929 bits per heavy atom. The summed E-state index contributed by atoms with van der Waals surface area (Å²) in [5.41, 5.74) is 1.95. The van der Waals surface area contributed by atoms with Crippen LogP contribution in [0, 0.1) is 6.92 Å². The van der Waals surface area contributed by atoms with Crippen molar-refractivity contribution in [3.8, 4) is 11.5 Å². The highest BCUT2D eigenvalue weighted by atomic mass is 16.6. The first-order valence-electron chi connectivity index (χ1n) is 14.2. The number of benzene rings is 3.